The number of hydrogen-bond acceptors (Lipinski definition) is 2. The fourth-order valence-electron chi connectivity index (χ4n) is 5.07. The summed E-state index contributed by atoms with van der Waals surface area (Å²) in [5.74, 6) is -0.416. The fraction of sp³-hybridized carbons (Fsp3) is 0.300. The first-order valence-electron chi connectivity index (χ1n) is 12.3. The number of para-hydroxylation sites is 1. The maximum atomic E-state index is 12.4. The van der Waals surface area contributed by atoms with E-state index in [2.05, 4.69) is 82.3 Å². The van der Waals surface area contributed by atoms with E-state index in [1.807, 2.05) is 6.07 Å². The quantitative estimate of drug-likeness (QED) is 0.162. The van der Waals surface area contributed by atoms with Crippen LogP contribution in [-0.4, -0.2) is 35.2 Å². The van der Waals surface area contributed by atoms with Crippen molar-refractivity contribution in [3.05, 3.63) is 94.6 Å². The van der Waals surface area contributed by atoms with E-state index in [4.69, 9.17) is 19.4 Å². The number of hydrogen-bond donors (Lipinski definition) is 0. The molecule has 1 amide bonds. The SMILES string of the molecule is Cc1cc(C)c(N2[CH-]N(c3c(C)cc(C)cc3C)CC2)c(C)c1.[OH+]=C(CF)N([CH]=[Ru]([Cl])[Cl])c1ccccc1. The molecule has 0 aromatic heterocycles. The van der Waals surface area contributed by atoms with Crippen molar-refractivity contribution in [1.29, 1.82) is 0 Å². The second kappa shape index (κ2) is 13.7. The Hall–Kier alpha value is -2.27. The Balaban J connectivity index is 0.000000232. The summed E-state index contributed by atoms with van der Waals surface area (Å²) < 4.78 is 13.8. The molecule has 1 N–H and O–H groups in total. The molecule has 0 atom stereocenters. The van der Waals surface area contributed by atoms with Crippen LogP contribution >= 0.6 is 19.4 Å². The molecular formula is C30H36Cl2FN3ORu. The molecule has 38 heavy (non-hydrogen) atoms. The van der Waals surface area contributed by atoms with Gasteiger partial charge in [0.25, 0.3) is 0 Å². The number of rotatable bonds is 5. The molecule has 0 aliphatic carbocycles. The second-order valence-electron chi connectivity index (χ2n) is 9.55. The molecule has 8 heteroatoms. The number of carbonyl (C=O) groups excluding carboxylic acids is 1. The summed E-state index contributed by atoms with van der Waals surface area (Å²) in [6, 6.07) is 18.0. The van der Waals surface area contributed by atoms with Crippen LogP contribution in [0.2, 0.25) is 0 Å². The van der Waals surface area contributed by atoms with Crippen molar-refractivity contribution in [2.45, 2.75) is 41.5 Å². The molecule has 1 saturated heterocycles. The molecule has 0 spiro atoms. The molecule has 3 aromatic rings. The number of benzene rings is 3. The van der Waals surface area contributed by atoms with E-state index in [0.717, 1.165) is 13.1 Å². The first-order chi connectivity index (χ1) is 18.0. The van der Waals surface area contributed by atoms with Gasteiger partial charge in [-0.25, -0.2) is 0 Å². The Morgan fingerprint density at radius 1 is 0.868 bits per heavy atom. The third-order valence-electron chi connectivity index (χ3n) is 6.30. The number of alkyl halides is 1. The summed E-state index contributed by atoms with van der Waals surface area (Å²) in [5.41, 5.74) is 11.5. The van der Waals surface area contributed by atoms with Crippen molar-refractivity contribution in [1.82, 2.24) is 0 Å². The van der Waals surface area contributed by atoms with Gasteiger partial charge in [-0.05, 0) is 63.8 Å². The molecule has 1 aliphatic rings. The van der Waals surface area contributed by atoms with Crippen molar-refractivity contribution in [3.8, 4) is 0 Å². The van der Waals surface area contributed by atoms with Gasteiger partial charge < -0.3 is 9.80 Å². The van der Waals surface area contributed by atoms with Crippen LogP contribution in [0.25, 0.3) is 0 Å². The molecule has 1 aliphatic heterocycles. The Morgan fingerprint density at radius 3 is 1.66 bits per heavy atom. The third-order valence-corrected chi connectivity index (χ3v) is 7.90. The third kappa shape index (κ3) is 7.65. The molecule has 4 rings (SSSR count). The van der Waals surface area contributed by atoms with Gasteiger partial charge in [-0.3, -0.25) is 0 Å². The normalized spacial score (nSPS) is 13.1. The van der Waals surface area contributed by atoms with Crippen LogP contribution in [0.1, 0.15) is 33.4 Å². The summed E-state index contributed by atoms with van der Waals surface area (Å²) in [7, 11) is 11.4. The Bertz CT molecular complexity index is 1200. The van der Waals surface area contributed by atoms with Crippen molar-refractivity contribution < 1.29 is 22.7 Å². The number of nitrogens with zero attached hydrogens (tertiary/aromatic N) is 3. The van der Waals surface area contributed by atoms with Gasteiger partial charge >= 0.3 is 100 Å². The van der Waals surface area contributed by atoms with E-state index in [1.54, 1.807) is 24.3 Å². The van der Waals surface area contributed by atoms with Gasteiger partial charge in [0.15, 0.2) is 0 Å². The average Bonchev–Trinajstić information content (AvgIpc) is 3.30. The summed E-state index contributed by atoms with van der Waals surface area (Å²) in [5, 5.41) is 0. The van der Waals surface area contributed by atoms with Crippen molar-refractivity contribution in [2.75, 3.05) is 34.5 Å². The van der Waals surface area contributed by atoms with E-state index >= 15 is 0 Å². The summed E-state index contributed by atoms with van der Waals surface area (Å²) in [6.07, 6.45) is 0. The molecule has 206 valence electrons. The van der Waals surface area contributed by atoms with Gasteiger partial charge in [-0.2, -0.15) is 6.67 Å². The van der Waals surface area contributed by atoms with Crippen molar-refractivity contribution in [2.24, 2.45) is 0 Å². The van der Waals surface area contributed by atoms with Crippen LogP contribution in [0.5, 0.6) is 0 Å². The molecular weight excluding hydrogens is 609 g/mol. The van der Waals surface area contributed by atoms with Crippen LogP contribution in [0.15, 0.2) is 54.6 Å². The molecule has 0 radical (unpaired) electrons. The van der Waals surface area contributed by atoms with Crippen LogP contribution in [-0.2, 0) is 13.5 Å². The predicted octanol–water partition coefficient (Wildman–Crippen LogP) is 7.63. The fourth-order valence-corrected chi connectivity index (χ4v) is 6.74. The standard InChI is InChI=1S/C21H27N2.C9H8FNO.2ClH.Ru/c1-14-9-16(3)20(17(4)10-14)22-7-8-23(13-22)21-18(5)11-15(2)12-19(21)6;1-11(9(12)7-10)8-5-3-2-4-6-8;;;/h9-13H,7-8H2,1-6H3;1-6H,7H2;2*1H;/q-1;;;;+2/p-1. The monoisotopic (exact) mass is 645 g/mol. The first kappa shape index (κ1) is 30.3. The molecule has 0 unspecified atom stereocenters. The zero-order chi connectivity index (χ0) is 28.0. The minimum absolute atomic E-state index is 0.416. The minimum atomic E-state index is -2.11. The summed E-state index contributed by atoms with van der Waals surface area (Å²) in [6.45, 7) is 16.6. The Morgan fingerprint density at radius 2 is 1.29 bits per heavy atom. The zero-order valence-electron chi connectivity index (χ0n) is 22.7. The van der Waals surface area contributed by atoms with Gasteiger partial charge in [-0.15, -0.1) is 0 Å². The Kier molecular flexibility index (Phi) is 10.9. The van der Waals surface area contributed by atoms with Gasteiger partial charge in [0.05, 0.1) is 0 Å². The molecule has 1 heterocycles. The zero-order valence-corrected chi connectivity index (χ0v) is 26.0. The molecule has 4 nitrogen and oxygen atoms in total. The molecule has 3 aromatic carbocycles. The van der Waals surface area contributed by atoms with E-state index in [-0.39, 0.29) is 0 Å². The Labute approximate surface area is 239 Å². The van der Waals surface area contributed by atoms with Gasteiger partial charge in [0.2, 0.25) is 0 Å². The van der Waals surface area contributed by atoms with Crippen LogP contribution in [0, 0.1) is 48.2 Å². The van der Waals surface area contributed by atoms with E-state index in [9.17, 15) is 9.18 Å². The number of amides is 1. The van der Waals surface area contributed by atoms with Crippen LogP contribution in [0.3, 0.4) is 0 Å². The van der Waals surface area contributed by atoms with Crippen molar-refractivity contribution >= 4 is 47.1 Å². The number of anilines is 3. The van der Waals surface area contributed by atoms with E-state index in [1.165, 1.54) is 54.4 Å². The van der Waals surface area contributed by atoms with Gasteiger partial charge in [-0.1, -0.05) is 35.4 Å². The van der Waals surface area contributed by atoms with Gasteiger partial charge in [0.1, 0.15) is 0 Å². The predicted molar refractivity (Wildman–Crippen MR) is 160 cm³/mol. The van der Waals surface area contributed by atoms with Crippen molar-refractivity contribution in [3.63, 3.8) is 0 Å². The molecule has 0 bridgehead atoms. The topological polar surface area (TPSA) is 31.1 Å². The number of aryl methyl sites for hydroxylation is 6. The second-order valence-corrected chi connectivity index (χ2v) is 15.2. The molecule has 1 fully saturated rings. The summed E-state index contributed by atoms with van der Waals surface area (Å²) >= 11 is -2.11. The van der Waals surface area contributed by atoms with Crippen LogP contribution in [0.4, 0.5) is 21.5 Å². The first-order valence-corrected chi connectivity index (χ1v) is 17.8. The van der Waals surface area contributed by atoms with E-state index in [0.29, 0.717) is 5.69 Å². The summed E-state index contributed by atoms with van der Waals surface area (Å²) in [4.78, 5) is 15.4. The molecule has 0 saturated carbocycles. The maximum absolute atomic E-state index is 12.4. The average molecular weight is 646 g/mol. The van der Waals surface area contributed by atoms with Crippen LogP contribution < -0.4 is 14.7 Å². The number of halogens is 3. The van der Waals surface area contributed by atoms with Gasteiger partial charge in [0, 0.05) is 24.5 Å². The van der Waals surface area contributed by atoms with E-state index < -0.39 is 26.1 Å².